The van der Waals surface area contributed by atoms with Crippen LogP contribution in [0.3, 0.4) is 0 Å². The van der Waals surface area contributed by atoms with Crippen molar-refractivity contribution >= 4 is 5.91 Å². The first kappa shape index (κ1) is 13.0. The van der Waals surface area contributed by atoms with E-state index in [-0.39, 0.29) is 18.1 Å². The highest BCUT2D eigenvalue weighted by Crippen LogP contribution is 2.16. The molecule has 18 heavy (non-hydrogen) atoms. The molecule has 1 aromatic heterocycles. The fourth-order valence-electron chi connectivity index (χ4n) is 2.16. The van der Waals surface area contributed by atoms with E-state index < -0.39 is 6.04 Å². The normalized spacial score (nSPS) is 22.7. The summed E-state index contributed by atoms with van der Waals surface area (Å²) in [5, 5.41) is 6.91. The lowest BCUT2D eigenvalue weighted by Gasteiger charge is -2.21. The number of hydrogen-bond donors (Lipinski definition) is 2. The monoisotopic (exact) mass is 252 g/mol. The van der Waals surface area contributed by atoms with Gasteiger partial charge in [-0.1, -0.05) is 0 Å². The lowest BCUT2D eigenvalue weighted by molar-refractivity contribution is -0.124. The number of hydrogen-bond acceptors (Lipinski definition) is 4. The van der Waals surface area contributed by atoms with Crippen LogP contribution in [0.4, 0.5) is 0 Å². The van der Waals surface area contributed by atoms with Crippen LogP contribution in [-0.4, -0.2) is 34.4 Å². The van der Waals surface area contributed by atoms with Crippen molar-refractivity contribution in [3.63, 3.8) is 0 Å². The molecule has 1 aliphatic rings. The lowest BCUT2D eigenvalue weighted by Crippen LogP contribution is -2.44. The molecule has 1 fully saturated rings. The molecule has 1 aromatic rings. The van der Waals surface area contributed by atoms with E-state index in [0.29, 0.717) is 0 Å². The van der Waals surface area contributed by atoms with E-state index in [4.69, 9.17) is 10.5 Å². The van der Waals surface area contributed by atoms with Gasteiger partial charge in [0, 0.05) is 25.4 Å². The Morgan fingerprint density at radius 3 is 3.06 bits per heavy atom. The van der Waals surface area contributed by atoms with Crippen LogP contribution in [-0.2, 0) is 16.6 Å². The number of aromatic nitrogens is 2. The Bertz CT molecular complexity index is 412. The molecule has 0 aromatic carbocycles. The summed E-state index contributed by atoms with van der Waals surface area (Å²) >= 11 is 0. The molecule has 0 saturated carbocycles. The number of nitrogens with one attached hydrogen (secondary N) is 1. The van der Waals surface area contributed by atoms with Crippen molar-refractivity contribution in [2.75, 3.05) is 6.61 Å². The van der Waals surface area contributed by atoms with Crippen molar-refractivity contribution < 1.29 is 9.53 Å². The number of nitrogens with zero attached hydrogens (tertiary/aromatic N) is 2. The Morgan fingerprint density at radius 2 is 2.50 bits per heavy atom. The number of carbonyl (C=O) groups is 1. The molecule has 1 saturated heterocycles. The van der Waals surface area contributed by atoms with Crippen LogP contribution in [0, 0.1) is 0 Å². The number of amides is 1. The molecule has 0 aliphatic carbocycles. The van der Waals surface area contributed by atoms with E-state index in [1.807, 2.05) is 6.92 Å². The van der Waals surface area contributed by atoms with Crippen LogP contribution in [0.25, 0.3) is 0 Å². The number of aryl methyl sites for hydroxylation is 1. The Labute approximate surface area is 106 Å². The van der Waals surface area contributed by atoms with Crippen LogP contribution >= 0.6 is 0 Å². The van der Waals surface area contributed by atoms with E-state index in [1.54, 1.807) is 24.1 Å². The second kappa shape index (κ2) is 5.49. The molecular formula is C12H20N4O2. The zero-order valence-electron chi connectivity index (χ0n) is 10.8. The molecule has 100 valence electrons. The van der Waals surface area contributed by atoms with Crippen LogP contribution in [0.1, 0.15) is 31.4 Å². The van der Waals surface area contributed by atoms with Gasteiger partial charge in [-0.2, -0.15) is 5.10 Å². The average molecular weight is 252 g/mol. The zero-order chi connectivity index (χ0) is 13.1. The number of rotatable bonds is 4. The lowest BCUT2D eigenvalue weighted by atomic mass is 10.1. The molecule has 0 spiro atoms. The highest BCUT2D eigenvalue weighted by atomic mass is 16.5. The Kier molecular flexibility index (Phi) is 3.98. The first-order chi connectivity index (χ1) is 8.58. The summed E-state index contributed by atoms with van der Waals surface area (Å²) in [7, 11) is 1.79. The van der Waals surface area contributed by atoms with Gasteiger partial charge in [0.05, 0.1) is 18.3 Å². The van der Waals surface area contributed by atoms with Crippen LogP contribution in [0.5, 0.6) is 0 Å². The third-order valence-electron chi connectivity index (χ3n) is 3.26. The second-order valence-electron chi connectivity index (χ2n) is 4.77. The average Bonchev–Trinajstić information content (AvgIpc) is 2.98. The summed E-state index contributed by atoms with van der Waals surface area (Å²) in [6.07, 6.45) is 5.51. The maximum absolute atomic E-state index is 12.0. The molecule has 3 unspecified atom stereocenters. The Balaban J connectivity index is 1.90. The van der Waals surface area contributed by atoms with Crippen molar-refractivity contribution in [2.24, 2.45) is 12.8 Å². The molecule has 0 radical (unpaired) electrons. The molecule has 2 rings (SSSR count). The van der Waals surface area contributed by atoms with E-state index in [0.717, 1.165) is 25.0 Å². The first-order valence-electron chi connectivity index (χ1n) is 6.24. The van der Waals surface area contributed by atoms with Crippen molar-refractivity contribution in [1.29, 1.82) is 0 Å². The maximum Gasteiger partial charge on any atom is 0.241 e. The van der Waals surface area contributed by atoms with Gasteiger partial charge in [0.1, 0.15) is 6.04 Å². The topological polar surface area (TPSA) is 82.2 Å². The van der Waals surface area contributed by atoms with Crippen molar-refractivity contribution in [2.45, 2.75) is 38.0 Å². The van der Waals surface area contributed by atoms with E-state index >= 15 is 0 Å². The molecule has 6 heteroatoms. The van der Waals surface area contributed by atoms with Gasteiger partial charge in [-0.15, -0.1) is 0 Å². The van der Waals surface area contributed by atoms with Crippen LogP contribution in [0.15, 0.2) is 12.4 Å². The molecule has 3 N–H and O–H groups in total. The van der Waals surface area contributed by atoms with E-state index in [1.165, 1.54) is 0 Å². The fourth-order valence-corrected chi connectivity index (χ4v) is 2.16. The van der Waals surface area contributed by atoms with Gasteiger partial charge >= 0.3 is 0 Å². The highest BCUT2D eigenvalue weighted by molar-refractivity contribution is 5.83. The third-order valence-corrected chi connectivity index (χ3v) is 3.26. The van der Waals surface area contributed by atoms with Crippen molar-refractivity contribution in [3.8, 4) is 0 Å². The van der Waals surface area contributed by atoms with Gasteiger partial charge in [0.25, 0.3) is 0 Å². The predicted octanol–water partition coefficient (Wildman–Crippen LogP) is 0.104. The Morgan fingerprint density at radius 1 is 1.72 bits per heavy atom. The minimum atomic E-state index is -0.678. The summed E-state index contributed by atoms with van der Waals surface area (Å²) in [4.78, 5) is 12.0. The summed E-state index contributed by atoms with van der Waals surface area (Å²) in [6, 6.07) is -0.690. The zero-order valence-corrected chi connectivity index (χ0v) is 10.8. The van der Waals surface area contributed by atoms with Gasteiger partial charge < -0.3 is 15.8 Å². The summed E-state index contributed by atoms with van der Waals surface area (Å²) in [6.45, 7) is 2.73. The standard InChI is InChI=1S/C12H20N4O2/c1-8(10-4-3-5-18-10)15-12(17)11(13)9-6-14-16(2)7-9/h6-8,10-11H,3-5,13H2,1-2H3,(H,15,17). The van der Waals surface area contributed by atoms with Crippen LogP contribution in [0.2, 0.25) is 0 Å². The largest absolute Gasteiger partial charge is 0.376 e. The van der Waals surface area contributed by atoms with Crippen molar-refractivity contribution in [3.05, 3.63) is 18.0 Å². The van der Waals surface area contributed by atoms with Gasteiger partial charge in [-0.05, 0) is 19.8 Å². The van der Waals surface area contributed by atoms with Gasteiger partial charge in [-0.3, -0.25) is 9.48 Å². The fraction of sp³-hybridized carbons (Fsp3) is 0.667. The minimum absolute atomic E-state index is 0.0114. The summed E-state index contributed by atoms with van der Waals surface area (Å²) in [5.74, 6) is -0.189. The van der Waals surface area contributed by atoms with E-state index in [2.05, 4.69) is 10.4 Å². The Hall–Kier alpha value is -1.40. The van der Waals surface area contributed by atoms with Gasteiger partial charge in [0.2, 0.25) is 5.91 Å². The van der Waals surface area contributed by atoms with Gasteiger partial charge in [-0.25, -0.2) is 0 Å². The molecule has 1 amide bonds. The third kappa shape index (κ3) is 2.88. The molecule has 0 bridgehead atoms. The molecule has 3 atom stereocenters. The number of ether oxygens (including phenoxy) is 1. The summed E-state index contributed by atoms with van der Waals surface area (Å²) < 4.78 is 7.16. The molecule has 6 nitrogen and oxygen atoms in total. The second-order valence-corrected chi connectivity index (χ2v) is 4.77. The highest BCUT2D eigenvalue weighted by Gasteiger charge is 2.26. The van der Waals surface area contributed by atoms with Gasteiger partial charge in [0.15, 0.2) is 0 Å². The minimum Gasteiger partial charge on any atom is -0.376 e. The molecule has 1 aliphatic heterocycles. The molecule has 2 heterocycles. The maximum atomic E-state index is 12.0. The summed E-state index contributed by atoms with van der Waals surface area (Å²) in [5.41, 5.74) is 6.61. The smallest absolute Gasteiger partial charge is 0.241 e. The molecular weight excluding hydrogens is 232 g/mol. The number of carbonyl (C=O) groups excluding carboxylic acids is 1. The predicted molar refractivity (Wildman–Crippen MR) is 66.7 cm³/mol. The van der Waals surface area contributed by atoms with E-state index in [9.17, 15) is 4.79 Å². The van der Waals surface area contributed by atoms with Crippen LogP contribution < -0.4 is 11.1 Å². The number of nitrogens with two attached hydrogens (primary N) is 1. The quantitative estimate of drug-likeness (QED) is 0.796. The first-order valence-corrected chi connectivity index (χ1v) is 6.24. The SMILES string of the molecule is CC(NC(=O)C(N)c1cnn(C)c1)C1CCCO1. The van der Waals surface area contributed by atoms with Crippen molar-refractivity contribution in [1.82, 2.24) is 15.1 Å².